The van der Waals surface area contributed by atoms with Crippen molar-refractivity contribution in [2.24, 2.45) is 5.92 Å². The molecule has 5 nitrogen and oxygen atoms in total. The highest BCUT2D eigenvalue weighted by molar-refractivity contribution is 9.10. The second-order valence-corrected chi connectivity index (χ2v) is 6.76. The number of ether oxygens (including phenoxy) is 1. The molecule has 3 rings (SSSR count). The summed E-state index contributed by atoms with van der Waals surface area (Å²) >= 11 is 3.42. The molecule has 2 fully saturated rings. The Hall–Kier alpha value is -1.40. The van der Waals surface area contributed by atoms with Gasteiger partial charge in [-0.25, -0.2) is 0 Å². The lowest BCUT2D eigenvalue weighted by Crippen LogP contribution is -2.49. The molecule has 2 heterocycles. The number of carbonyl (C=O) groups is 2. The Labute approximate surface area is 138 Å². The van der Waals surface area contributed by atoms with E-state index in [2.05, 4.69) is 15.9 Å². The summed E-state index contributed by atoms with van der Waals surface area (Å²) in [6.45, 7) is 4.20. The van der Waals surface area contributed by atoms with Gasteiger partial charge < -0.3 is 14.5 Å². The topological polar surface area (TPSA) is 49.9 Å². The molecule has 22 heavy (non-hydrogen) atoms. The summed E-state index contributed by atoms with van der Waals surface area (Å²) in [5, 5.41) is 0. The third-order valence-electron chi connectivity index (χ3n) is 4.24. The van der Waals surface area contributed by atoms with Gasteiger partial charge in [0.15, 0.2) is 0 Å². The van der Waals surface area contributed by atoms with Crippen LogP contribution in [0.2, 0.25) is 0 Å². The monoisotopic (exact) mass is 366 g/mol. The molecule has 2 amide bonds. The Morgan fingerprint density at radius 3 is 2.95 bits per heavy atom. The van der Waals surface area contributed by atoms with E-state index in [9.17, 15) is 9.59 Å². The van der Waals surface area contributed by atoms with Crippen molar-refractivity contribution in [3.05, 3.63) is 28.7 Å². The van der Waals surface area contributed by atoms with E-state index >= 15 is 0 Å². The summed E-state index contributed by atoms with van der Waals surface area (Å²) in [5.41, 5.74) is 0.838. The van der Waals surface area contributed by atoms with Crippen LogP contribution in [0, 0.1) is 5.92 Å². The van der Waals surface area contributed by atoms with Crippen LogP contribution in [0.4, 0.5) is 5.69 Å². The molecular weight excluding hydrogens is 348 g/mol. The fourth-order valence-corrected chi connectivity index (χ4v) is 3.44. The van der Waals surface area contributed by atoms with Crippen LogP contribution in [-0.2, 0) is 14.3 Å². The van der Waals surface area contributed by atoms with Gasteiger partial charge in [-0.15, -0.1) is 0 Å². The Morgan fingerprint density at radius 2 is 2.23 bits per heavy atom. The molecule has 2 aliphatic heterocycles. The number of hydrogen-bond acceptors (Lipinski definition) is 3. The van der Waals surface area contributed by atoms with E-state index in [0.29, 0.717) is 26.3 Å². The fourth-order valence-electron chi connectivity index (χ4n) is 3.06. The first-order valence-electron chi connectivity index (χ1n) is 7.50. The largest absolute Gasteiger partial charge is 0.377 e. The molecule has 0 saturated carbocycles. The molecule has 0 aromatic heterocycles. The van der Waals surface area contributed by atoms with Gasteiger partial charge in [-0.1, -0.05) is 22.0 Å². The molecule has 0 radical (unpaired) electrons. The second-order valence-electron chi connectivity index (χ2n) is 5.84. The predicted molar refractivity (Wildman–Crippen MR) is 86.6 cm³/mol. The highest BCUT2D eigenvalue weighted by Gasteiger charge is 2.38. The van der Waals surface area contributed by atoms with E-state index in [4.69, 9.17) is 4.74 Å². The predicted octanol–water partition coefficient (Wildman–Crippen LogP) is 2.05. The standard InChI is InChI=1S/C16H19BrN2O3/c1-11-10-22-6-5-18(11)16(21)12-7-15(20)19(9-12)14-4-2-3-13(17)8-14/h2-4,8,11-12H,5-7,9-10H2,1H3. The first kappa shape index (κ1) is 15.5. The first-order valence-corrected chi connectivity index (χ1v) is 8.29. The minimum absolute atomic E-state index is 0.0114. The van der Waals surface area contributed by atoms with Crippen LogP contribution in [0.5, 0.6) is 0 Å². The Balaban J connectivity index is 1.72. The van der Waals surface area contributed by atoms with E-state index in [-0.39, 0.29) is 30.2 Å². The summed E-state index contributed by atoms with van der Waals surface area (Å²) in [6.07, 6.45) is 0.287. The van der Waals surface area contributed by atoms with Crippen molar-refractivity contribution in [1.82, 2.24) is 4.90 Å². The Morgan fingerprint density at radius 1 is 1.41 bits per heavy atom. The lowest BCUT2D eigenvalue weighted by atomic mass is 10.1. The highest BCUT2D eigenvalue weighted by Crippen LogP contribution is 2.28. The van der Waals surface area contributed by atoms with Crippen molar-refractivity contribution in [2.75, 3.05) is 31.2 Å². The van der Waals surface area contributed by atoms with Crippen molar-refractivity contribution < 1.29 is 14.3 Å². The molecule has 2 aliphatic rings. The minimum atomic E-state index is -0.257. The van der Waals surface area contributed by atoms with Crippen LogP contribution in [0.25, 0.3) is 0 Å². The third kappa shape index (κ3) is 3.03. The normalized spacial score (nSPS) is 25.6. The molecular formula is C16H19BrN2O3. The van der Waals surface area contributed by atoms with Crippen molar-refractivity contribution in [3.63, 3.8) is 0 Å². The molecule has 1 aromatic rings. The van der Waals surface area contributed by atoms with Gasteiger partial charge in [-0.05, 0) is 25.1 Å². The maximum atomic E-state index is 12.7. The highest BCUT2D eigenvalue weighted by atomic mass is 79.9. The zero-order valence-corrected chi connectivity index (χ0v) is 14.1. The average Bonchev–Trinajstić information content (AvgIpc) is 2.89. The number of rotatable bonds is 2. The summed E-state index contributed by atoms with van der Waals surface area (Å²) in [6, 6.07) is 7.69. The van der Waals surface area contributed by atoms with Gasteiger partial charge in [0.1, 0.15) is 0 Å². The summed E-state index contributed by atoms with van der Waals surface area (Å²) in [7, 11) is 0. The average molecular weight is 367 g/mol. The molecule has 0 spiro atoms. The molecule has 2 unspecified atom stereocenters. The van der Waals surface area contributed by atoms with Crippen molar-refractivity contribution >= 4 is 33.4 Å². The SMILES string of the molecule is CC1COCCN1C(=O)C1CC(=O)N(c2cccc(Br)c2)C1. The number of benzene rings is 1. The first-order chi connectivity index (χ1) is 10.6. The number of morpholine rings is 1. The zero-order chi connectivity index (χ0) is 15.7. The van der Waals surface area contributed by atoms with Crippen LogP contribution in [0.3, 0.4) is 0 Å². The molecule has 0 N–H and O–H groups in total. The van der Waals surface area contributed by atoms with Gasteiger partial charge in [0, 0.05) is 29.7 Å². The summed E-state index contributed by atoms with van der Waals surface area (Å²) in [4.78, 5) is 28.5. The van der Waals surface area contributed by atoms with Crippen molar-refractivity contribution in [2.45, 2.75) is 19.4 Å². The van der Waals surface area contributed by atoms with Crippen LogP contribution in [0.1, 0.15) is 13.3 Å². The molecule has 6 heteroatoms. The van der Waals surface area contributed by atoms with E-state index in [0.717, 1.165) is 10.2 Å². The van der Waals surface area contributed by atoms with Crippen LogP contribution < -0.4 is 4.90 Å². The number of hydrogen-bond donors (Lipinski definition) is 0. The smallest absolute Gasteiger partial charge is 0.228 e. The Kier molecular flexibility index (Phi) is 4.49. The summed E-state index contributed by atoms with van der Waals surface area (Å²) < 4.78 is 6.30. The van der Waals surface area contributed by atoms with E-state index in [1.165, 1.54) is 0 Å². The number of halogens is 1. The van der Waals surface area contributed by atoms with Gasteiger partial charge in [-0.2, -0.15) is 0 Å². The number of nitrogens with zero attached hydrogens (tertiary/aromatic N) is 2. The van der Waals surface area contributed by atoms with Gasteiger partial charge in [0.2, 0.25) is 11.8 Å². The van der Waals surface area contributed by atoms with Gasteiger partial charge >= 0.3 is 0 Å². The van der Waals surface area contributed by atoms with E-state index in [1.54, 1.807) is 4.90 Å². The van der Waals surface area contributed by atoms with Gasteiger partial charge in [0.05, 0.1) is 25.2 Å². The molecule has 2 saturated heterocycles. The number of amides is 2. The van der Waals surface area contributed by atoms with Crippen LogP contribution in [-0.4, -0.2) is 49.1 Å². The maximum absolute atomic E-state index is 12.7. The van der Waals surface area contributed by atoms with Gasteiger partial charge in [0.25, 0.3) is 0 Å². The van der Waals surface area contributed by atoms with Gasteiger partial charge in [-0.3, -0.25) is 9.59 Å². The van der Waals surface area contributed by atoms with E-state index in [1.807, 2.05) is 36.1 Å². The van der Waals surface area contributed by atoms with Crippen molar-refractivity contribution in [1.29, 1.82) is 0 Å². The summed E-state index contributed by atoms with van der Waals surface area (Å²) in [5.74, 6) is -0.175. The lowest BCUT2D eigenvalue weighted by Gasteiger charge is -2.34. The minimum Gasteiger partial charge on any atom is -0.377 e. The second kappa shape index (κ2) is 6.38. The quantitative estimate of drug-likeness (QED) is 0.804. The zero-order valence-electron chi connectivity index (χ0n) is 12.5. The number of carbonyl (C=O) groups excluding carboxylic acids is 2. The van der Waals surface area contributed by atoms with Crippen LogP contribution in [0.15, 0.2) is 28.7 Å². The van der Waals surface area contributed by atoms with Crippen molar-refractivity contribution in [3.8, 4) is 0 Å². The molecule has 1 aromatic carbocycles. The van der Waals surface area contributed by atoms with E-state index < -0.39 is 0 Å². The third-order valence-corrected chi connectivity index (χ3v) is 4.74. The Bertz CT molecular complexity index is 593. The van der Waals surface area contributed by atoms with Crippen LogP contribution >= 0.6 is 15.9 Å². The molecule has 2 atom stereocenters. The molecule has 0 aliphatic carbocycles. The number of anilines is 1. The lowest BCUT2D eigenvalue weighted by molar-refractivity contribution is -0.143. The molecule has 118 valence electrons. The molecule has 0 bridgehead atoms. The fraction of sp³-hybridized carbons (Fsp3) is 0.500. The maximum Gasteiger partial charge on any atom is 0.228 e.